The van der Waals surface area contributed by atoms with Gasteiger partial charge < -0.3 is 9.47 Å². The first-order chi connectivity index (χ1) is 24.8. The summed E-state index contributed by atoms with van der Waals surface area (Å²) in [6, 6.07) is 70.5. The summed E-state index contributed by atoms with van der Waals surface area (Å²) >= 11 is 0. The zero-order valence-corrected chi connectivity index (χ0v) is 27.4. The quantitative estimate of drug-likeness (QED) is 0.171. The predicted molar refractivity (Wildman–Crippen MR) is 213 cm³/mol. The molecule has 0 aliphatic heterocycles. The third kappa shape index (κ3) is 4.43. The van der Waals surface area contributed by atoms with E-state index in [0.29, 0.717) is 0 Å². The molecule has 9 aromatic carbocycles. The van der Waals surface area contributed by atoms with Crippen LogP contribution in [0.25, 0.3) is 70.9 Å². The van der Waals surface area contributed by atoms with Crippen molar-refractivity contribution in [3.8, 4) is 16.8 Å². The number of benzene rings is 9. The second-order valence-corrected chi connectivity index (χ2v) is 12.9. The topological polar surface area (TPSA) is 8.17 Å². The molecular weight excluding hydrogens is 605 g/mol. The molecule has 0 saturated carbocycles. The average molecular weight is 637 g/mol. The Kier molecular flexibility index (Phi) is 6.53. The van der Waals surface area contributed by atoms with Crippen molar-refractivity contribution >= 4 is 71.2 Å². The Hall–Kier alpha value is -6.64. The fourth-order valence-electron chi connectivity index (χ4n) is 7.93. The van der Waals surface area contributed by atoms with Crippen LogP contribution in [0.3, 0.4) is 0 Å². The van der Waals surface area contributed by atoms with Gasteiger partial charge in [0, 0.05) is 33.1 Å². The lowest BCUT2D eigenvalue weighted by Gasteiger charge is -2.30. The molecular formula is C48H32N2. The van der Waals surface area contributed by atoms with Crippen LogP contribution in [0.1, 0.15) is 0 Å². The van der Waals surface area contributed by atoms with Crippen molar-refractivity contribution in [3.05, 3.63) is 194 Å². The Balaban J connectivity index is 1.22. The smallest absolute Gasteiger partial charge is 0.0547 e. The second-order valence-electron chi connectivity index (χ2n) is 12.9. The van der Waals surface area contributed by atoms with Crippen LogP contribution in [0.2, 0.25) is 0 Å². The molecule has 0 unspecified atom stereocenters. The van der Waals surface area contributed by atoms with E-state index < -0.39 is 0 Å². The number of aromatic nitrogens is 1. The fraction of sp³-hybridized carbons (Fsp3) is 0. The normalized spacial score (nSPS) is 11.6. The highest BCUT2D eigenvalue weighted by Gasteiger charge is 2.21. The first-order valence-electron chi connectivity index (χ1n) is 17.2. The molecule has 0 N–H and O–H groups in total. The van der Waals surface area contributed by atoms with Crippen LogP contribution in [0.5, 0.6) is 0 Å². The lowest BCUT2D eigenvalue weighted by molar-refractivity contribution is 1.17. The van der Waals surface area contributed by atoms with E-state index in [9.17, 15) is 0 Å². The average Bonchev–Trinajstić information content (AvgIpc) is 3.54. The molecule has 0 aliphatic rings. The van der Waals surface area contributed by atoms with Crippen LogP contribution in [0.4, 0.5) is 17.1 Å². The van der Waals surface area contributed by atoms with Crippen LogP contribution >= 0.6 is 0 Å². The summed E-state index contributed by atoms with van der Waals surface area (Å²) in [4.78, 5) is 2.44. The Bertz CT molecular complexity index is 2860. The molecule has 234 valence electrons. The lowest BCUT2D eigenvalue weighted by atomic mass is 9.97. The van der Waals surface area contributed by atoms with Crippen molar-refractivity contribution in [2.45, 2.75) is 0 Å². The van der Waals surface area contributed by atoms with Crippen LogP contribution in [0.15, 0.2) is 194 Å². The summed E-state index contributed by atoms with van der Waals surface area (Å²) in [5.41, 5.74) is 9.31. The first kappa shape index (κ1) is 28.4. The minimum absolute atomic E-state index is 1.10. The van der Waals surface area contributed by atoms with Gasteiger partial charge in [0.05, 0.1) is 22.4 Å². The van der Waals surface area contributed by atoms with E-state index in [-0.39, 0.29) is 0 Å². The lowest BCUT2D eigenvalue weighted by Crippen LogP contribution is -2.12. The Morgan fingerprint density at radius 2 is 0.980 bits per heavy atom. The molecule has 10 aromatic rings. The van der Waals surface area contributed by atoms with Crippen molar-refractivity contribution in [2.24, 2.45) is 0 Å². The monoisotopic (exact) mass is 636 g/mol. The van der Waals surface area contributed by atoms with Crippen molar-refractivity contribution in [3.63, 3.8) is 0 Å². The number of rotatable bonds is 5. The zero-order chi connectivity index (χ0) is 33.0. The van der Waals surface area contributed by atoms with Gasteiger partial charge in [0.15, 0.2) is 0 Å². The maximum Gasteiger partial charge on any atom is 0.0547 e. The van der Waals surface area contributed by atoms with E-state index in [2.05, 4.69) is 204 Å². The Morgan fingerprint density at radius 3 is 1.80 bits per heavy atom. The molecule has 0 aliphatic carbocycles. The van der Waals surface area contributed by atoms with Crippen molar-refractivity contribution in [1.29, 1.82) is 0 Å². The summed E-state index contributed by atoms with van der Waals surface area (Å²) < 4.78 is 2.41. The van der Waals surface area contributed by atoms with Gasteiger partial charge in [0.25, 0.3) is 0 Å². The number of para-hydroxylation sites is 2. The zero-order valence-electron chi connectivity index (χ0n) is 27.4. The van der Waals surface area contributed by atoms with E-state index in [1.54, 1.807) is 0 Å². The number of fused-ring (bicyclic) bond motifs is 8. The van der Waals surface area contributed by atoms with Gasteiger partial charge in [0.2, 0.25) is 0 Å². The van der Waals surface area contributed by atoms with Gasteiger partial charge in [-0.3, -0.25) is 0 Å². The standard InChI is InChI=1S/C48H32N2/c1-2-14-33(15-3-1)39-19-10-12-24-44(39)50(47-32-35-17-5-6-18-38(35)41-21-8-9-22-42(41)47)37-29-27-36(28-30-37)49-45-25-13-11-23-43(45)48-40-20-7-4-16-34(40)26-31-46(48)49/h1-32H. The third-order valence-electron chi connectivity index (χ3n) is 10.1. The number of hydrogen-bond donors (Lipinski definition) is 0. The molecule has 50 heavy (non-hydrogen) atoms. The SMILES string of the molecule is c1ccc(-c2ccccc2N(c2ccc(-n3c4ccccc4c4c5ccccc5ccc43)cc2)c2cc3ccccc3c3ccccc23)cc1. The molecule has 2 nitrogen and oxygen atoms in total. The van der Waals surface area contributed by atoms with E-state index in [1.807, 2.05) is 0 Å². The van der Waals surface area contributed by atoms with Gasteiger partial charge in [-0.1, -0.05) is 146 Å². The van der Waals surface area contributed by atoms with Gasteiger partial charge in [-0.15, -0.1) is 0 Å². The van der Waals surface area contributed by atoms with E-state index >= 15 is 0 Å². The van der Waals surface area contributed by atoms with Crippen LogP contribution in [-0.4, -0.2) is 4.57 Å². The van der Waals surface area contributed by atoms with Crippen LogP contribution in [0, 0.1) is 0 Å². The van der Waals surface area contributed by atoms with E-state index in [0.717, 1.165) is 22.7 Å². The third-order valence-corrected chi connectivity index (χ3v) is 10.1. The minimum atomic E-state index is 1.10. The number of hydrogen-bond acceptors (Lipinski definition) is 1. The molecule has 0 radical (unpaired) electrons. The molecule has 0 amide bonds. The van der Waals surface area contributed by atoms with Gasteiger partial charge in [-0.25, -0.2) is 0 Å². The Morgan fingerprint density at radius 1 is 0.360 bits per heavy atom. The number of anilines is 3. The van der Waals surface area contributed by atoms with Gasteiger partial charge in [-0.05, 0) is 81.0 Å². The van der Waals surface area contributed by atoms with Crippen molar-refractivity contribution < 1.29 is 0 Å². The van der Waals surface area contributed by atoms with Crippen molar-refractivity contribution in [1.82, 2.24) is 4.57 Å². The molecule has 1 heterocycles. The largest absolute Gasteiger partial charge is 0.309 e. The van der Waals surface area contributed by atoms with Gasteiger partial charge in [-0.2, -0.15) is 0 Å². The fourth-order valence-corrected chi connectivity index (χ4v) is 7.93. The molecule has 0 saturated heterocycles. The first-order valence-corrected chi connectivity index (χ1v) is 17.2. The summed E-state index contributed by atoms with van der Waals surface area (Å²) in [6.07, 6.45) is 0. The molecule has 0 bridgehead atoms. The minimum Gasteiger partial charge on any atom is -0.309 e. The maximum absolute atomic E-state index is 2.44. The molecule has 0 spiro atoms. The molecule has 0 atom stereocenters. The summed E-state index contributed by atoms with van der Waals surface area (Å²) in [6.45, 7) is 0. The van der Waals surface area contributed by atoms with Gasteiger partial charge >= 0.3 is 0 Å². The van der Waals surface area contributed by atoms with E-state index in [1.165, 1.54) is 65.3 Å². The molecule has 10 rings (SSSR count). The van der Waals surface area contributed by atoms with E-state index in [4.69, 9.17) is 0 Å². The highest BCUT2D eigenvalue weighted by molar-refractivity contribution is 6.21. The van der Waals surface area contributed by atoms with Crippen LogP contribution in [-0.2, 0) is 0 Å². The number of nitrogens with zero attached hydrogens (tertiary/aromatic N) is 2. The highest BCUT2D eigenvalue weighted by atomic mass is 15.1. The Labute approximate surface area is 290 Å². The van der Waals surface area contributed by atoms with Crippen molar-refractivity contribution in [2.75, 3.05) is 4.90 Å². The second kappa shape index (κ2) is 11.5. The van der Waals surface area contributed by atoms with Crippen LogP contribution < -0.4 is 4.90 Å². The summed E-state index contributed by atoms with van der Waals surface area (Å²) in [5, 5.41) is 10.0. The highest BCUT2D eigenvalue weighted by Crippen LogP contribution is 2.46. The summed E-state index contributed by atoms with van der Waals surface area (Å²) in [5.74, 6) is 0. The van der Waals surface area contributed by atoms with Gasteiger partial charge in [0.1, 0.15) is 0 Å². The molecule has 0 fully saturated rings. The molecule has 1 aromatic heterocycles. The summed E-state index contributed by atoms with van der Waals surface area (Å²) in [7, 11) is 0. The predicted octanol–water partition coefficient (Wildman–Crippen LogP) is 13.4. The molecule has 2 heteroatoms. The maximum atomic E-state index is 2.44.